The largest absolute Gasteiger partial charge is 0.485 e. The Morgan fingerprint density at radius 2 is 2.14 bits per heavy atom. The molecule has 28 heavy (non-hydrogen) atoms. The van der Waals surface area contributed by atoms with E-state index in [4.69, 9.17) is 9.57 Å². The number of carboxylic acids is 1. The molecule has 8 heteroatoms. The highest BCUT2D eigenvalue weighted by Gasteiger charge is 2.57. The minimum absolute atomic E-state index is 0.279. The summed E-state index contributed by atoms with van der Waals surface area (Å²) < 4.78 is 6.10. The molecule has 156 valence electrons. The minimum Gasteiger partial charge on any atom is -0.485 e. The van der Waals surface area contributed by atoms with Gasteiger partial charge in [-0.25, -0.2) is 0 Å². The number of hydrogen-bond acceptors (Lipinski definition) is 6. The molecule has 1 saturated heterocycles. The van der Waals surface area contributed by atoms with E-state index in [9.17, 15) is 19.8 Å². The molecular weight excluding hydrogens is 364 g/mol. The van der Waals surface area contributed by atoms with E-state index < -0.39 is 35.5 Å². The molecule has 1 fully saturated rings. The van der Waals surface area contributed by atoms with Gasteiger partial charge in [-0.3, -0.25) is 19.3 Å². The number of nitrogens with zero attached hydrogens (tertiary/aromatic N) is 2. The normalized spacial score (nSPS) is 33.4. The fraction of sp³-hybridized carbons (Fsp3) is 0.700. The van der Waals surface area contributed by atoms with Gasteiger partial charge in [0.2, 0.25) is 0 Å². The van der Waals surface area contributed by atoms with Crippen molar-refractivity contribution in [1.82, 2.24) is 9.96 Å². The Hall–Kier alpha value is -1.90. The van der Waals surface area contributed by atoms with Gasteiger partial charge in [0.05, 0.1) is 24.6 Å². The van der Waals surface area contributed by atoms with Crippen LogP contribution in [-0.4, -0.2) is 70.0 Å². The average Bonchev–Trinajstić information content (AvgIpc) is 3.20. The molecule has 0 saturated carbocycles. The zero-order valence-electron chi connectivity index (χ0n) is 16.8. The number of ether oxygens (including phenoxy) is 1. The van der Waals surface area contributed by atoms with Crippen LogP contribution in [0.5, 0.6) is 0 Å². The summed E-state index contributed by atoms with van der Waals surface area (Å²) in [7, 11) is 1.38. The Morgan fingerprint density at radius 3 is 2.71 bits per heavy atom. The molecule has 3 heterocycles. The van der Waals surface area contributed by atoms with E-state index in [0.29, 0.717) is 36.4 Å². The lowest BCUT2D eigenvalue weighted by Gasteiger charge is -2.47. The monoisotopic (exact) mass is 394 g/mol. The number of carbonyl (C=O) groups is 2. The second-order valence-corrected chi connectivity index (χ2v) is 8.02. The van der Waals surface area contributed by atoms with E-state index in [1.165, 1.54) is 7.11 Å². The van der Waals surface area contributed by atoms with E-state index in [1.807, 2.05) is 4.90 Å². The van der Waals surface area contributed by atoms with Gasteiger partial charge in [0.1, 0.15) is 17.4 Å². The number of carboxylic acid groups (broad SMARTS) is 1. The molecule has 0 aromatic rings. The highest BCUT2D eigenvalue weighted by atomic mass is 16.7. The number of hydrogen-bond donors (Lipinski definition) is 2. The van der Waals surface area contributed by atoms with Gasteiger partial charge in [-0.05, 0) is 32.7 Å². The second-order valence-electron chi connectivity index (χ2n) is 8.02. The smallest absolute Gasteiger partial charge is 0.307 e. The summed E-state index contributed by atoms with van der Waals surface area (Å²) in [6.07, 6.45) is 3.54. The van der Waals surface area contributed by atoms with Crippen molar-refractivity contribution in [3.05, 3.63) is 23.6 Å². The van der Waals surface area contributed by atoms with Crippen LogP contribution >= 0.6 is 0 Å². The number of aliphatic hydroxyl groups is 1. The number of aliphatic carboxylic acids is 1. The maximum atomic E-state index is 13.0. The third kappa shape index (κ3) is 3.33. The zero-order chi connectivity index (χ0) is 20.6. The predicted octanol–water partition coefficient (Wildman–Crippen LogP) is 1.66. The molecule has 2 N–H and O–H groups in total. The number of unbranched alkanes of at least 4 members (excludes halogenated alkanes) is 2. The van der Waals surface area contributed by atoms with Gasteiger partial charge >= 0.3 is 5.97 Å². The van der Waals surface area contributed by atoms with Crippen molar-refractivity contribution in [2.75, 3.05) is 20.2 Å². The lowest BCUT2D eigenvalue weighted by atomic mass is 9.79. The first kappa shape index (κ1) is 20.8. The molecule has 3 aliphatic rings. The van der Waals surface area contributed by atoms with E-state index in [0.717, 1.165) is 24.3 Å². The Bertz CT molecular complexity index is 701. The van der Waals surface area contributed by atoms with Crippen molar-refractivity contribution in [3.63, 3.8) is 0 Å². The van der Waals surface area contributed by atoms with Crippen LogP contribution in [0.3, 0.4) is 0 Å². The van der Waals surface area contributed by atoms with Gasteiger partial charge in [0.25, 0.3) is 5.91 Å². The van der Waals surface area contributed by atoms with E-state index in [1.54, 1.807) is 6.92 Å². The number of amides is 1. The van der Waals surface area contributed by atoms with Crippen molar-refractivity contribution in [3.8, 4) is 0 Å². The summed E-state index contributed by atoms with van der Waals surface area (Å²) in [4.78, 5) is 31.5. The van der Waals surface area contributed by atoms with Crippen molar-refractivity contribution >= 4 is 11.9 Å². The Kier molecular flexibility index (Phi) is 5.84. The molecule has 0 radical (unpaired) electrons. The molecule has 8 nitrogen and oxygen atoms in total. The van der Waals surface area contributed by atoms with Crippen LogP contribution in [0.4, 0.5) is 0 Å². The Labute approximate surface area is 165 Å². The molecule has 3 rings (SSSR count). The number of carbonyl (C=O) groups excluding carboxylic acids is 1. The highest BCUT2D eigenvalue weighted by Crippen LogP contribution is 2.45. The Balaban J connectivity index is 1.98. The molecule has 1 amide bonds. The first-order valence-corrected chi connectivity index (χ1v) is 9.91. The predicted molar refractivity (Wildman–Crippen MR) is 101 cm³/mol. The van der Waals surface area contributed by atoms with Crippen LogP contribution in [0.2, 0.25) is 0 Å². The van der Waals surface area contributed by atoms with Crippen molar-refractivity contribution < 1.29 is 29.4 Å². The van der Waals surface area contributed by atoms with Crippen molar-refractivity contribution in [2.24, 2.45) is 5.92 Å². The molecule has 0 aromatic carbocycles. The number of rotatable bonds is 7. The number of hydroxylamine groups is 2. The highest BCUT2D eigenvalue weighted by molar-refractivity contribution is 6.00. The zero-order valence-corrected chi connectivity index (χ0v) is 16.8. The SMILES string of the molecule is C=C1C2=C(C(=O)N1OC)[C@@H](N1CC[C@H](C(=O)O)C1)[C@@](C)(O)[C@H](CCCCC)O2. The fourth-order valence-electron chi connectivity index (χ4n) is 4.58. The lowest BCUT2D eigenvalue weighted by Crippen LogP contribution is -2.61. The average molecular weight is 394 g/mol. The van der Waals surface area contributed by atoms with Gasteiger partial charge in [-0.15, -0.1) is 0 Å². The quantitative estimate of drug-likeness (QED) is 0.634. The summed E-state index contributed by atoms with van der Waals surface area (Å²) in [5.74, 6) is -1.44. The molecule has 0 spiro atoms. The standard InChI is InChI=1S/C20H30N2O6/c1-5-6-7-8-14-20(3,26)17(21-10-9-13(11-21)19(24)25)15-16(28-14)12(2)22(27-4)18(15)23/h13-14,17,26H,2,5-11H2,1,3-4H3,(H,24,25)/t13-,14-,17+,20-/m0/s1. The maximum absolute atomic E-state index is 13.0. The van der Waals surface area contributed by atoms with Gasteiger partial charge in [-0.2, -0.15) is 5.06 Å². The van der Waals surface area contributed by atoms with Gasteiger partial charge in [0.15, 0.2) is 5.76 Å². The lowest BCUT2D eigenvalue weighted by molar-refractivity contribution is -0.159. The topological polar surface area (TPSA) is 99.5 Å². The minimum atomic E-state index is -1.35. The molecule has 0 bridgehead atoms. The molecule has 3 aliphatic heterocycles. The van der Waals surface area contributed by atoms with Crippen LogP contribution in [0, 0.1) is 5.92 Å². The van der Waals surface area contributed by atoms with Crippen LogP contribution in [0.15, 0.2) is 23.6 Å². The summed E-state index contributed by atoms with van der Waals surface area (Å²) in [5.41, 5.74) is -0.730. The van der Waals surface area contributed by atoms with Crippen LogP contribution in [0.25, 0.3) is 0 Å². The van der Waals surface area contributed by atoms with E-state index in [-0.39, 0.29) is 6.54 Å². The Morgan fingerprint density at radius 1 is 1.43 bits per heavy atom. The molecule has 0 unspecified atom stereocenters. The first-order valence-electron chi connectivity index (χ1n) is 9.91. The van der Waals surface area contributed by atoms with Crippen molar-refractivity contribution in [1.29, 1.82) is 0 Å². The number of likely N-dealkylation sites (tertiary alicyclic amines) is 1. The van der Waals surface area contributed by atoms with Crippen molar-refractivity contribution in [2.45, 2.75) is 63.7 Å². The third-order valence-electron chi connectivity index (χ3n) is 6.09. The van der Waals surface area contributed by atoms with E-state index in [2.05, 4.69) is 13.5 Å². The molecule has 0 aromatic heterocycles. The molecular formula is C20H30N2O6. The first-order chi connectivity index (χ1) is 13.2. The fourth-order valence-corrected chi connectivity index (χ4v) is 4.58. The summed E-state index contributed by atoms with van der Waals surface area (Å²) in [6.45, 7) is 8.48. The van der Waals surface area contributed by atoms with Gasteiger partial charge in [0, 0.05) is 6.54 Å². The maximum Gasteiger partial charge on any atom is 0.307 e. The van der Waals surface area contributed by atoms with Crippen LogP contribution < -0.4 is 0 Å². The summed E-state index contributed by atoms with van der Waals surface area (Å²) in [6, 6.07) is -0.670. The summed E-state index contributed by atoms with van der Waals surface area (Å²) >= 11 is 0. The third-order valence-corrected chi connectivity index (χ3v) is 6.09. The van der Waals surface area contributed by atoms with Crippen LogP contribution in [-0.2, 0) is 19.2 Å². The summed E-state index contributed by atoms with van der Waals surface area (Å²) in [5, 5.41) is 22.0. The van der Waals surface area contributed by atoms with E-state index >= 15 is 0 Å². The second kappa shape index (κ2) is 7.85. The van der Waals surface area contributed by atoms with Gasteiger partial charge < -0.3 is 14.9 Å². The molecule has 0 aliphatic carbocycles. The molecule has 4 atom stereocenters. The van der Waals surface area contributed by atoms with Crippen LogP contribution in [0.1, 0.15) is 46.0 Å². The van der Waals surface area contributed by atoms with Gasteiger partial charge in [-0.1, -0.05) is 26.3 Å².